The summed E-state index contributed by atoms with van der Waals surface area (Å²) in [5, 5.41) is 10.3. The topological polar surface area (TPSA) is 68.0 Å². The van der Waals surface area contributed by atoms with Crippen molar-refractivity contribution in [3.8, 4) is 11.5 Å². The number of nitrogens with one attached hydrogen (secondary N) is 1. The minimum absolute atomic E-state index is 0.0696. The number of hydrogen-bond donors (Lipinski definition) is 1. The number of nitrogens with zero attached hydrogens (tertiary/aromatic N) is 2. The number of rotatable bonds is 3. The maximum absolute atomic E-state index is 13.1. The molecule has 1 amide bonds. The molecule has 1 aromatic heterocycles. The molecule has 0 aliphatic carbocycles. The Balaban J connectivity index is 1.78. The number of halogens is 3. The number of carbonyl (C=O) groups excluding carboxylic acids is 1. The first kappa shape index (κ1) is 15.1. The summed E-state index contributed by atoms with van der Waals surface area (Å²) in [7, 11) is 0. The van der Waals surface area contributed by atoms with Gasteiger partial charge in [0.05, 0.1) is 0 Å². The zero-order chi connectivity index (χ0) is 16.4. The molecule has 0 bridgehead atoms. The lowest BCUT2D eigenvalue weighted by molar-refractivity contribution is 0.0991. The van der Waals surface area contributed by atoms with Crippen LogP contribution in [-0.4, -0.2) is 16.1 Å². The van der Waals surface area contributed by atoms with Crippen LogP contribution in [0, 0.1) is 11.6 Å². The van der Waals surface area contributed by atoms with E-state index in [9.17, 15) is 13.6 Å². The second kappa shape index (κ2) is 6.13. The predicted molar refractivity (Wildman–Crippen MR) is 79.1 cm³/mol. The van der Waals surface area contributed by atoms with E-state index in [4.69, 9.17) is 16.0 Å². The van der Waals surface area contributed by atoms with Gasteiger partial charge in [-0.05, 0) is 36.4 Å². The number of anilines is 1. The van der Waals surface area contributed by atoms with Gasteiger partial charge in [-0.15, -0.1) is 10.2 Å². The summed E-state index contributed by atoms with van der Waals surface area (Å²) < 4.78 is 31.2. The molecule has 0 spiro atoms. The number of aromatic nitrogens is 2. The number of amides is 1. The minimum Gasteiger partial charge on any atom is -0.412 e. The van der Waals surface area contributed by atoms with Crippen LogP contribution >= 0.6 is 11.6 Å². The molecule has 23 heavy (non-hydrogen) atoms. The van der Waals surface area contributed by atoms with Gasteiger partial charge in [0.25, 0.3) is 0 Å². The lowest BCUT2D eigenvalue weighted by atomic mass is 10.2. The fraction of sp³-hybridized carbons (Fsp3) is 0. The molecule has 5 nitrogen and oxygen atoms in total. The van der Waals surface area contributed by atoms with Crippen LogP contribution in [-0.2, 0) is 0 Å². The molecule has 0 aliphatic heterocycles. The highest BCUT2D eigenvalue weighted by atomic mass is 35.5. The first-order chi connectivity index (χ1) is 11.0. The highest BCUT2D eigenvalue weighted by Gasteiger charge is 2.16. The monoisotopic (exact) mass is 335 g/mol. The molecule has 0 fully saturated rings. The largest absolute Gasteiger partial charge is 0.412 e. The molecule has 2 aromatic carbocycles. The van der Waals surface area contributed by atoms with Crippen molar-refractivity contribution in [2.24, 2.45) is 0 Å². The van der Waals surface area contributed by atoms with Gasteiger partial charge in [-0.25, -0.2) is 8.78 Å². The van der Waals surface area contributed by atoms with Gasteiger partial charge in [0.2, 0.25) is 5.89 Å². The SMILES string of the molecule is O=C(Nc1ccc(F)c(F)c1)c1nnc(-c2ccc(Cl)cc2)o1. The molecular formula is C15H8ClF2N3O2. The van der Waals surface area contributed by atoms with E-state index < -0.39 is 17.5 Å². The first-order valence-electron chi connectivity index (χ1n) is 6.39. The Bertz CT molecular complexity index is 865. The molecule has 0 radical (unpaired) electrons. The predicted octanol–water partition coefficient (Wildman–Crippen LogP) is 3.92. The van der Waals surface area contributed by atoms with Gasteiger partial charge in [-0.3, -0.25) is 4.79 Å². The van der Waals surface area contributed by atoms with Crippen molar-refractivity contribution in [1.82, 2.24) is 10.2 Å². The molecule has 3 aromatic rings. The van der Waals surface area contributed by atoms with E-state index >= 15 is 0 Å². The third-order valence-corrected chi connectivity index (χ3v) is 3.14. The van der Waals surface area contributed by atoms with Crippen molar-refractivity contribution in [3.05, 3.63) is 65.0 Å². The zero-order valence-corrected chi connectivity index (χ0v) is 12.1. The summed E-state index contributed by atoms with van der Waals surface area (Å²) in [6.45, 7) is 0. The number of hydrogen-bond acceptors (Lipinski definition) is 4. The fourth-order valence-electron chi connectivity index (χ4n) is 1.78. The Kier molecular flexibility index (Phi) is 4.03. The van der Waals surface area contributed by atoms with Crippen LogP contribution in [0.5, 0.6) is 0 Å². The second-order valence-corrected chi connectivity index (χ2v) is 4.94. The maximum atomic E-state index is 13.1. The summed E-state index contributed by atoms with van der Waals surface area (Å²) in [5.74, 6) is -2.98. The van der Waals surface area contributed by atoms with Crippen molar-refractivity contribution >= 4 is 23.2 Å². The molecular weight excluding hydrogens is 328 g/mol. The highest BCUT2D eigenvalue weighted by Crippen LogP contribution is 2.21. The smallest absolute Gasteiger partial charge is 0.313 e. The first-order valence-corrected chi connectivity index (χ1v) is 6.76. The van der Waals surface area contributed by atoms with Crippen molar-refractivity contribution in [1.29, 1.82) is 0 Å². The third kappa shape index (κ3) is 3.35. The van der Waals surface area contributed by atoms with Crippen molar-refractivity contribution < 1.29 is 18.0 Å². The molecule has 0 aliphatic rings. The number of carbonyl (C=O) groups is 1. The van der Waals surface area contributed by atoms with E-state index in [1.165, 1.54) is 6.07 Å². The Morgan fingerprint density at radius 2 is 1.78 bits per heavy atom. The lowest BCUT2D eigenvalue weighted by Gasteiger charge is -2.02. The highest BCUT2D eigenvalue weighted by molar-refractivity contribution is 6.30. The van der Waals surface area contributed by atoms with E-state index in [0.29, 0.717) is 10.6 Å². The molecule has 0 saturated carbocycles. The van der Waals surface area contributed by atoms with Gasteiger partial charge < -0.3 is 9.73 Å². The van der Waals surface area contributed by atoms with E-state index in [1.54, 1.807) is 24.3 Å². The maximum Gasteiger partial charge on any atom is 0.313 e. The van der Waals surface area contributed by atoms with Crippen molar-refractivity contribution in [2.45, 2.75) is 0 Å². The third-order valence-electron chi connectivity index (χ3n) is 2.89. The summed E-state index contributed by atoms with van der Waals surface area (Å²) >= 11 is 5.78. The van der Waals surface area contributed by atoms with Gasteiger partial charge in [0.15, 0.2) is 11.6 Å². The molecule has 0 atom stereocenters. The molecule has 8 heteroatoms. The van der Waals surface area contributed by atoms with Crippen LogP contribution in [0.2, 0.25) is 5.02 Å². The Morgan fingerprint density at radius 3 is 2.48 bits per heavy atom. The van der Waals surface area contributed by atoms with E-state index in [0.717, 1.165) is 12.1 Å². The van der Waals surface area contributed by atoms with E-state index in [1.807, 2.05) is 0 Å². The van der Waals surface area contributed by atoms with Crippen LogP contribution in [0.4, 0.5) is 14.5 Å². The molecule has 1 heterocycles. The lowest BCUT2D eigenvalue weighted by Crippen LogP contribution is -2.12. The molecule has 3 rings (SSSR count). The van der Waals surface area contributed by atoms with Gasteiger partial charge in [-0.1, -0.05) is 11.6 Å². The normalized spacial score (nSPS) is 10.6. The van der Waals surface area contributed by atoms with Crippen LogP contribution in [0.15, 0.2) is 46.9 Å². The van der Waals surface area contributed by atoms with Crippen LogP contribution in [0.1, 0.15) is 10.7 Å². The summed E-state index contributed by atoms with van der Waals surface area (Å²) in [5.41, 5.74) is 0.661. The van der Waals surface area contributed by atoms with Gasteiger partial charge >= 0.3 is 11.8 Å². The summed E-state index contributed by atoms with van der Waals surface area (Å²) in [4.78, 5) is 12.0. The Labute approximate surface area is 133 Å². The van der Waals surface area contributed by atoms with E-state index in [2.05, 4.69) is 15.5 Å². The van der Waals surface area contributed by atoms with E-state index in [-0.39, 0.29) is 17.5 Å². The summed E-state index contributed by atoms with van der Waals surface area (Å²) in [6, 6.07) is 9.57. The molecule has 0 unspecified atom stereocenters. The van der Waals surface area contributed by atoms with Crippen molar-refractivity contribution in [3.63, 3.8) is 0 Å². The second-order valence-electron chi connectivity index (χ2n) is 4.50. The molecule has 1 N–H and O–H groups in total. The zero-order valence-electron chi connectivity index (χ0n) is 11.4. The Hall–Kier alpha value is -2.80. The molecule has 0 saturated heterocycles. The van der Waals surface area contributed by atoms with Gasteiger partial charge in [-0.2, -0.15) is 0 Å². The summed E-state index contributed by atoms with van der Waals surface area (Å²) in [6.07, 6.45) is 0. The average molecular weight is 336 g/mol. The Morgan fingerprint density at radius 1 is 1.04 bits per heavy atom. The molecule has 116 valence electrons. The van der Waals surface area contributed by atoms with Crippen LogP contribution in [0.3, 0.4) is 0 Å². The standard InChI is InChI=1S/C15H8ClF2N3O2/c16-9-3-1-8(2-4-9)14-20-21-15(23-14)13(22)19-10-5-6-11(17)12(18)7-10/h1-7H,(H,19,22). The average Bonchev–Trinajstić information content (AvgIpc) is 3.02. The van der Waals surface area contributed by atoms with Gasteiger partial charge in [0, 0.05) is 22.3 Å². The quantitative estimate of drug-likeness (QED) is 0.787. The minimum atomic E-state index is -1.07. The van der Waals surface area contributed by atoms with Gasteiger partial charge in [0.1, 0.15) is 0 Å². The van der Waals surface area contributed by atoms with Crippen LogP contribution in [0.25, 0.3) is 11.5 Å². The van der Waals surface area contributed by atoms with Crippen LogP contribution < -0.4 is 5.32 Å². The number of benzene rings is 2. The van der Waals surface area contributed by atoms with Crippen molar-refractivity contribution in [2.75, 3.05) is 5.32 Å². The fourth-order valence-corrected chi connectivity index (χ4v) is 1.91.